The van der Waals surface area contributed by atoms with Gasteiger partial charge in [0.05, 0.1) is 6.42 Å². The maximum Gasteiger partial charge on any atom is 0.245 e. The Labute approximate surface area is 151 Å². The molecule has 0 aromatic heterocycles. The molecule has 1 aliphatic heterocycles. The van der Waals surface area contributed by atoms with Crippen LogP contribution in [0.25, 0.3) is 0 Å². The van der Waals surface area contributed by atoms with Crippen LogP contribution in [-0.2, 0) is 16.0 Å². The number of likely N-dealkylation sites (tertiary alicyclic amines) is 1. The molecule has 2 atom stereocenters. The molecule has 0 saturated carbocycles. The van der Waals surface area contributed by atoms with Gasteiger partial charge in [-0.1, -0.05) is 43.7 Å². The molecule has 25 heavy (non-hydrogen) atoms. The molecule has 1 aromatic carbocycles. The van der Waals surface area contributed by atoms with Crippen LogP contribution >= 0.6 is 0 Å². The predicted octanol–water partition coefficient (Wildman–Crippen LogP) is 1.97. The zero-order valence-electron chi connectivity index (χ0n) is 15.5. The van der Waals surface area contributed by atoms with Crippen molar-refractivity contribution in [3.8, 4) is 0 Å². The van der Waals surface area contributed by atoms with Crippen molar-refractivity contribution < 1.29 is 9.59 Å². The van der Waals surface area contributed by atoms with Gasteiger partial charge in [0.25, 0.3) is 0 Å². The molecule has 1 aliphatic rings. The van der Waals surface area contributed by atoms with Crippen molar-refractivity contribution >= 4 is 11.8 Å². The number of nitrogens with one attached hydrogen (secondary N) is 2. The lowest BCUT2D eigenvalue weighted by Gasteiger charge is -2.35. The van der Waals surface area contributed by atoms with Crippen LogP contribution in [-0.4, -0.2) is 49.4 Å². The summed E-state index contributed by atoms with van der Waals surface area (Å²) in [5.41, 5.74) is 0.967. The topological polar surface area (TPSA) is 61.4 Å². The average molecular weight is 345 g/mol. The SMILES string of the molecule is CCCC(NC(=O)Cc1ccccc1)C(=O)N1CCCC(CNC)C1. The van der Waals surface area contributed by atoms with Crippen LogP contribution in [0.3, 0.4) is 0 Å². The molecule has 0 bridgehead atoms. The second-order valence-corrected chi connectivity index (χ2v) is 6.92. The van der Waals surface area contributed by atoms with Gasteiger partial charge in [0, 0.05) is 13.1 Å². The highest BCUT2D eigenvalue weighted by Crippen LogP contribution is 2.17. The number of hydrogen-bond acceptors (Lipinski definition) is 3. The molecule has 5 nitrogen and oxygen atoms in total. The highest BCUT2D eigenvalue weighted by molar-refractivity contribution is 5.88. The summed E-state index contributed by atoms with van der Waals surface area (Å²) in [7, 11) is 1.95. The monoisotopic (exact) mass is 345 g/mol. The maximum absolute atomic E-state index is 12.9. The van der Waals surface area contributed by atoms with Crippen molar-refractivity contribution in [2.24, 2.45) is 5.92 Å². The summed E-state index contributed by atoms with van der Waals surface area (Å²) in [6.07, 6.45) is 4.07. The summed E-state index contributed by atoms with van der Waals surface area (Å²) in [4.78, 5) is 27.2. The number of benzene rings is 1. The van der Waals surface area contributed by atoms with Crippen LogP contribution in [0.5, 0.6) is 0 Å². The van der Waals surface area contributed by atoms with E-state index >= 15 is 0 Å². The number of amides is 2. The Morgan fingerprint density at radius 2 is 2.04 bits per heavy atom. The molecule has 2 rings (SSSR count). The Morgan fingerprint density at radius 3 is 2.72 bits per heavy atom. The Balaban J connectivity index is 1.94. The molecule has 1 aromatic rings. The van der Waals surface area contributed by atoms with Crippen LogP contribution in [0.4, 0.5) is 0 Å². The summed E-state index contributed by atoms with van der Waals surface area (Å²) in [6.45, 7) is 4.56. The molecule has 1 fully saturated rings. The highest BCUT2D eigenvalue weighted by Gasteiger charge is 2.29. The molecule has 2 unspecified atom stereocenters. The number of carbonyl (C=O) groups excluding carboxylic acids is 2. The third kappa shape index (κ3) is 6.16. The fraction of sp³-hybridized carbons (Fsp3) is 0.600. The second-order valence-electron chi connectivity index (χ2n) is 6.92. The summed E-state index contributed by atoms with van der Waals surface area (Å²) < 4.78 is 0. The molecule has 2 N–H and O–H groups in total. The van der Waals surface area contributed by atoms with Gasteiger partial charge in [-0.3, -0.25) is 9.59 Å². The molecule has 138 valence electrons. The summed E-state index contributed by atoms with van der Waals surface area (Å²) in [5, 5.41) is 6.17. The van der Waals surface area contributed by atoms with Crippen LogP contribution in [0.1, 0.15) is 38.2 Å². The fourth-order valence-corrected chi connectivity index (χ4v) is 3.51. The summed E-state index contributed by atoms with van der Waals surface area (Å²) >= 11 is 0. The zero-order chi connectivity index (χ0) is 18.1. The minimum atomic E-state index is -0.408. The van der Waals surface area contributed by atoms with Crippen molar-refractivity contribution in [1.29, 1.82) is 0 Å². The first kappa shape index (κ1) is 19.4. The second kappa shape index (κ2) is 10.2. The van der Waals surface area contributed by atoms with Gasteiger partial charge in [0.15, 0.2) is 0 Å². The summed E-state index contributed by atoms with van der Waals surface area (Å²) in [6, 6.07) is 9.24. The molecule has 2 amide bonds. The first-order chi connectivity index (χ1) is 12.1. The molecule has 1 saturated heterocycles. The molecule has 5 heteroatoms. The van der Waals surface area contributed by atoms with Crippen LogP contribution in [0, 0.1) is 5.92 Å². The lowest BCUT2D eigenvalue weighted by molar-refractivity contribution is -0.138. The van der Waals surface area contributed by atoms with E-state index in [4.69, 9.17) is 0 Å². The normalized spacial score (nSPS) is 18.6. The van der Waals surface area contributed by atoms with Crippen LogP contribution in [0.15, 0.2) is 30.3 Å². The minimum Gasteiger partial charge on any atom is -0.344 e. The van der Waals surface area contributed by atoms with E-state index < -0.39 is 6.04 Å². The highest BCUT2D eigenvalue weighted by atomic mass is 16.2. The van der Waals surface area contributed by atoms with Crippen LogP contribution in [0.2, 0.25) is 0 Å². The van der Waals surface area contributed by atoms with Crippen molar-refractivity contribution in [3.63, 3.8) is 0 Å². The molecule has 1 heterocycles. The van der Waals surface area contributed by atoms with E-state index in [1.807, 2.05) is 49.2 Å². The van der Waals surface area contributed by atoms with E-state index in [1.165, 1.54) is 0 Å². The van der Waals surface area contributed by atoms with Crippen molar-refractivity contribution in [2.45, 2.75) is 45.1 Å². The quantitative estimate of drug-likeness (QED) is 0.757. The zero-order valence-corrected chi connectivity index (χ0v) is 15.5. The molecular formula is C20H31N3O2. The van der Waals surface area contributed by atoms with E-state index in [2.05, 4.69) is 10.6 Å². The molecule has 0 radical (unpaired) electrons. The van der Waals surface area contributed by atoms with Crippen LogP contribution < -0.4 is 10.6 Å². The fourth-order valence-electron chi connectivity index (χ4n) is 3.51. The van der Waals surface area contributed by atoms with Crippen molar-refractivity contribution in [3.05, 3.63) is 35.9 Å². The molecule has 0 aliphatic carbocycles. The first-order valence-electron chi connectivity index (χ1n) is 9.40. The number of carbonyl (C=O) groups is 2. The Bertz CT molecular complexity index is 545. The maximum atomic E-state index is 12.9. The van der Waals surface area contributed by atoms with Gasteiger partial charge in [-0.2, -0.15) is 0 Å². The lowest BCUT2D eigenvalue weighted by Crippen LogP contribution is -2.52. The smallest absolute Gasteiger partial charge is 0.245 e. The molecular weight excluding hydrogens is 314 g/mol. The number of rotatable bonds is 8. The molecule has 0 spiro atoms. The van der Waals surface area contributed by atoms with Gasteiger partial charge in [-0.05, 0) is 44.3 Å². The van der Waals surface area contributed by atoms with E-state index in [9.17, 15) is 9.59 Å². The third-order valence-corrected chi connectivity index (χ3v) is 4.74. The van der Waals surface area contributed by atoms with E-state index in [0.717, 1.165) is 44.5 Å². The number of piperidine rings is 1. The van der Waals surface area contributed by atoms with Crippen molar-refractivity contribution in [1.82, 2.24) is 15.5 Å². The van der Waals surface area contributed by atoms with E-state index in [0.29, 0.717) is 18.8 Å². The Hall–Kier alpha value is -1.88. The van der Waals surface area contributed by atoms with E-state index in [1.54, 1.807) is 0 Å². The van der Waals surface area contributed by atoms with Gasteiger partial charge >= 0.3 is 0 Å². The van der Waals surface area contributed by atoms with E-state index in [-0.39, 0.29) is 11.8 Å². The minimum absolute atomic E-state index is 0.0732. The van der Waals surface area contributed by atoms with Crippen molar-refractivity contribution in [2.75, 3.05) is 26.7 Å². The number of nitrogens with zero attached hydrogens (tertiary/aromatic N) is 1. The third-order valence-electron chi connectivity index (χ3n) is 4.74. The first-order valence-corrected chi connectivity index (χ1v) is 9.40. The van der Waals surface area contributed by atoms with Gasteiger partial charge in [-0.25, -0.2) is 0 Å². The lowest BCUT2D eigenvalue weighted by atomic mass is 9.97. The summed E-state index contributed by atoms with van der Waals surface area (Å²) in [5.74, 6) is 0.496. The van der Waals surface area contributed by atoms with Gasteiger partial charge < -0.3 is 15.5 Å². The Kier molecular flexibility index (Phi) is 7.92. The Morgan fingerprint density at radius 1 is 1.28 bits per heavy atom. The van der Waals surface area contributed by atoms with Gasteiger partial charge in [-0.15, -0.1) is 0 Å². The standard InChI is InChI=1S/C20H31N3O2/c1-3-8-18(22-19(24)13-16-9-5-4-6-10-16)20(25)23-12-7-11-17(15-23)14-21-2/h4-6,9-10,17-18,21H,3,7-8,11-15H2,1-2H3,(H,22,24). The van der Waals surface area contributed by atoms with Gasteiger partial charge in [0.1, 0.15) is 6.04 Å². The average Bonchev–Trinajstić information content (AvgIpc) is 2.62. The number of hydrogen-bond donors (Lipinski definition) is 2. The van der Waals surface area contributed by atoms with Gasteiger partial charge in [0.2, 0.25) is 11.8 Å². The largest absolute Gasteiger partial charge is 0.344 e. The predicted molar refractivity (Wildman–Crippen MR) is 100 cm³/mol.